The van der Waals surface area contributed by atoms with Crippen molar-refractivity contribution in [2.24, 2.45) is 5.92 Å². The molecule has 0 saturated carbocycles. The van der Waals surface area contributed by atoms with Crippen LogP contribution in [0.2, 0.25) is 0 Å². The van der Waals surface area contributed by atoms with Crippen molar-refractivity contribution in [3.8, 4) is 0 Å². The number of hydrogen-bond donors (Lipinski definition) is 0. The smallest absolute Gasteiger partial charge is 0.310 e. The average Bonchev–Trinajstić information content (AvgIpc) is 2.95. The van der Waals surface area contributed by atoms with Gasteiger partial charge in [-0.25, -0.2) is 4.98 Å². The highest BCUT2D eigenvalue weighted by molar-refractivity contribution is 5.93. The summed E-state index contributed by atoms with van der Waals surface area (Å²) < 4.78 is 4.76. The highest BCUT2D eigenvalue weighted by Gasteiger charge is 2.29. The molecule has 1 atom stereocenters. The largest absolute Gasteiger partial charge is 0.469 e. The molecule has 1 aromatic heterocycles. The van der Waals surface area contributed by atoms with Crippen LogP contribution in [0.5, 0.6) is 0 Å². The molecule has 20 heavy (non-hydrogen) atoms. The maximum absolute atomic E-state index is 11.8. The third kappa shape index (κ3) is 2.89. The molecule has 0 radical (unpaired) electrons. The van der Waals surface area contributed by atoms with E-state index in [1.54, 1.807) is 26.4 Å². The van der Waals surface area contributed by atoms with Gasteiger partial charge >= 0.3 is 5.97 Å². The van der Waals surface area contributed by atoms with E-state index in [-0.39, 0.29) is 17.8 Å². The summed E-state index contributed by atoms with van der Waals surface area (Å²) in [7, 11) is 4.82. The Bertz CT molecular complexity index is 499. The number of nitrogens with zero attached hydrogens (tertiary/aromatic N) is 3. The van der Waals surface area contributed by atoms with Gasteiger partial charge in [0.05, 0.1) is 18.6 Å². The highest BCUT2D eigenvalue weighted by atomic mass is 16.5. The lowest BCUT2D eigenvalue weighted by atomic mass is 10.1. The van der Waals surface area contributed by atoms with Crippen LogP contribution in [0.3, 0.4) is 0 Å². The number of ether oxygens (including phenoxy) is 1. The first-order valence-electron chi connectivity index (χ1n) is 6.53. The second-order valence-corrected chi connectivity index (χ2v) is 5.06. The molecule has 1 unspecified atom stereocenters. The normalized spacial score (nSPS) is 17.9. The maximum atomic E-state index is 11.8. The van der Waals surface area contributed by atoms with Crippen LogP contribution >= 0.6 is 0 Å². The highest BCUT2D eigenvalue weighted by Crippen LogP contribution is 2.23. The van der Waals surface area contributed by atoms with Crippen molar-refractivity contribution in [2.75, 3.05) is 39.2 Å². The van der Waals surface area contributed by atoms with Gasteiger partial charge in [0, 0.05) is 33.4 Å². The molecule has 108 valence electrons. The number of hydrogen-bond acceptors (Lipinski definition) is 5. The van der Waals surface area contributed by atoms with Gasteiger partial charge in [-0.05, 0) is 18.6 Å². The van der Waals surface area contributed by atoms with Crippen molar-refractivity contribution in [2.45, 2.75) is 6.42 Å². The first kappa shape index (κ1) is 14.3. The van der Waals surface area contributed by atoms with Crippen LogP contribution in [0, 0.1) is 5.92 Å². The number of esters is 1. The Balaban J connectivity index is 2.05. The summed E-state index contributed by atoms with van der Waals surface area (Å²) in [6, 6.07) is 3.58. The summed E-state index contributed by atoms with van der Waals surface area (Å²) in [6.07, 6.45) is 2.34. The molecule has 2 rings (SSSR count). The Morgan fingerprint density at radius 2 is 2.15 bits per heavy atom. The van der Waals surface area contributed by atoms with Gasteiger partial charge in [-0.15, -0.1) is 0 Å². The van der Waals surface area contributed by atoms with E-state index in [9.17, 15) is 9.59 Å². The van der Waals surface area contributed by atoms with Crippen molar-refractivity contribution >= 4 is 17.7 Å². The summed E-state index contributed by atoms with van der Waals surface area (Å²) in [5, 5.41) is 0. The van der Waals surface area contributed by atoms with E-state index in [0.717, 1.165) is 18.8 Å². The zero-order valence-electron chi connectivity index (χ0n) is 12.0. The minimum atomic E-state index is -0.174. The predicted octanol–water partition coefficient (Wildman–Crippen LogP) is 0.783. The molecule has 6 nitrogen and oxygen atoms in total. The van der Waals surface area contributed by atoms with Gasteiger partial charge in [-0.1, -0.05) is 0 Å². The quantitative estimate of drug-likeness (QED) is 0.764. The number of carbonyl (C=O) groups is 2. The minimum Gasteiger partial charge on any atom is -0.469 e. The number of aromatic nitrogens is 1. The van der Waals surface area contributed by atoms with Crippen molar-refractivity contribution in [1.29, 1.82) is 0 Å². The molecule has 0 aromatic carbocycles. The summed E-state index contributed by atoms with van der Waals surface area (Å²) >= 11 is 0. The predicted molar refractivity (Wildman–Crippen MR) is 74.6 cm³/mol. The Morgan fingerprint density at radius 1 is 1.40 bits per heavy atom. The summed E-state index contributed by atoms with van der Waals surface area (Å²) in [5.74, 6) is 0.446. The van der Waals surface area contributed by atoms with Gasteiger partial charge in [-0.3, -0.25) is 9.59 Å². The Hall–Kier alpha value is -2.11. The monoisotopic (exact) mass is 277 g/mol. The Labute approximate surface area is 118 Å². The fraction of sp³-hybridized carbons (Fsp3) is 0.500. The fourth-order valence-corrected chi connectivity index (χ4v) is 2.29. The third-order valence-corrected chi connectivity index (χ3v) is 3.45. The van der Waals surface area contributed by atoms with Gasteiger partial charge in [0.15, 0.2) is 0 Å². The Kier molecular flexibility index (Phi) is 4.22. The van der Waals surface area contributed by atoms with Crippen LogP contribution in [0.1, 0.15) is 16.8 Å². The van der Waals surface area contributed by atoms with E-state index in [1.807, 2.05) is 11.0 Å². The van der Waals surface area contributed by atoms with Gasteiger partial charge in [-0.2, -0.15) is 0 Å². The van der Waals surface area contributed by atoms with E-state index in [2.05, 4.69) is 4.98 Å². The lowest BCUT2D eigenvalue weighted by Crippen LogP contribution is -2.25. The van der Waals surface area contributed by atoms with Crippen LogP contribution in [-0.4, -0.2) is 56.1 Å². The topological polar surface area (TPSA) is 62.7 Å². The van der Waals surface area contributed by atoms with Crippen LogP contribution in [0.25, 0.3) is 0 Å². The molecule has 1 saturated heterocycles. The number of rotatable bonds is 3. The van der Waals surface area contributed by atoms with Crippen molar-refractivity contribution < 1.29 is 14.3 Å². The second kappa shape index (κ2) is 5.90. The molecule has 6 heteroatoms. The van der Waals surface area contributed by atoms with E-state index < -0.39 is 0 Å². The fourth-order valence-electron chi connectivity index (χ4n) is 2.29. The molecule has 0 bridgehead atoms. The van der Waals surface area contributed by atoms with Crippen molar-refractivity contribution in [1.82, 2.24) is 9.88 Å². The first-order chi connectivity index (χ1) is 9.52. The molecule has 0 N–H and O–H groups in total. The minimum absolute atomic E-state index is 0.0714. The molecule has 1 aromatic rings. The summed E-state index contributed by atoms with van der Waals surface area (Å²) in [4.78, 5) is 31.1. The molecule has 1 aliphatic rings. The van der Waals surface area contributed by atoms with Crippen LogP contribution in [0.4, 0.5) is 5.82 Å². The van der Waals surface area contributed by atoms with Gasteiger partial charge in [0.25, 0.3) is 5.91 Å². The zero-order valence-corrected chi connectivity index (χ0v) is 12.0. The van der Waals surface area contributed by atoms with E-state index >= 15 is 0 Å². The van der Waals surface area contributed by atoms with Crippen LogP contribution in [-0.2, 0) is 9.53 Å². The number of anilines is 1. The van der Waals surface area contributed by atoms with Gasteiger partial charge in [0.1, 0.15) is 5.82 Å². The first-order valence-corrected chi connectivity index (χ1v) is 6.53. The maximum Gasteiger partial charge on any atom is 0.310 e. The molecule has 1 aliphatic heterocycles. The molecular weight excluding hydrogens is 258 g/mol. The number of carbonyl (C=O) groups excluding carboxylic acids is 2. The van der Waals surface area contributed by atoms with E-state index in [4.69, 9.17) is 4.74 Å². The lowest BCUT2D eigenvalue weighted by Gasteiger charge is -2.17. The SMILES string of the molecule is COC(=O)C1CCN(c2ccc(C(=O)N(C)C)cn2)C1. The van der Waals surface area contributed by atoms with Crippen LogP contribution < -0.4 is 4.90 Å². The van der Waals surface area contributed by atoms with Gasteiger partial charge in [0.2, 0.25) is 0 Å². The summed E-state index contributed by atoms with van der Waals surface area (Å²) in [6.45, 7) is 1.38. The standard InChI is InChI=1S/C14H19N3O3/c1-16(2)13(18)10-4-5-12(15-8-10)17-7-6-11(9-17)14(19)20-3/h4-5,8,11H,6-7,9H2,1-3H3. The molecule has 1 fully saturated rings. The molecule has 0 spiro atoms. The number of pyridine rings is 1. The number of amides is 1. The molecule has 0 aliphatic carbocycles. The van der Waals surface area contributed by atoms with E-state index in [0.29, 0.717) is 12.1 Å². The molecule has 2 heterocycles. The van der Waals surface area contributed by atoms with Crippen molar-refractivity contribution in [3.05, 3.63) is 23.9 Å². The second-order valence-electron chi connectivity index (χ2n) is 5.06. The average molecular weight is 277 g/mol. The zero-order chi connectivity index (χ0) is 14.7. The lowest BCUT2D eigenvalue weighted by molar-refractivity contribution is -0.144. The molecule has 1 amide bonds. The number of methoxy groups -OCH3 is 1. The Morgan fingerprint density at radius 3 is 2.70 bits per heavy atom. The third-order valence-electron chi connectivity index (χ3n) is 3.45. The van der Waals surface area contributed by atoms with Crippen LogP contribution in [0.15, 0.2) is 18.3 Å². The van der Waals surface area contributed by atoms with Crippen molar-refractivity contribution in [3.63, 3.8) is 0 Å². The van der Waals surface area contributed by atoms with Gasteiger partial charge < -0.3 is 14.5 Å². The summed E-state index contributed by atoms with van der Waals surface area (Å²) in [5.41, 5.74) is 0.558. The molecular formula is C14H19N3O3. The van der Waals surface area contributed by atoms with E-state index in [1.165, 1.54) is 12.0 Å².